The van der Waals surface area contributed by atoms with Crippen LogP contribution >= 0.6 is 0 Å². The minimum atomic E-state index is -1.57. The topological polar surface area (TPSA) is 199 Å². The lowest BCUT2D eigenvalue weighted by Crippen LogP contribution is -2.56. The Hall–Kier alpha value is -3.18. The van der Waals surface area contributed by atoms with Crippen molar-refractivity contribution in [3.05, 3.63) is 29.8 Å². The fraction of sp³-hybridized carbons (Fsp3) is 0.375. The van der Waals surface area contributed by atoms with Gasteiger partial charge in [0, 0.05) is 6.42 Å². The predicted molar refractivity (Wildman–Crippen MR) is 90.6 cm³/mol. The second-order valence-corrected chi connectivity index (χ2v) is 5.72. The van der Waals surface area contributed by atoms with E-state index >= 15 is 0 Å². The summed E-state index contributed by atoms with van der Waals surface area (Å²) in [5.74, 6) is -4.77. The average molecular weight is 383 g/mol. The van der Waals surface area contributed by atoms with Crippen molar-refractivity contribution in [2.75, 3.05) is 6.61 Å². The number of rotatable bonds is 10. The standard InChI is InChI=1S/C16H21N3O8/c17-10(7-20)14(24)18-11(6-13(22)23)15(25)19-12(16(26)27)5-8-1-3-9(21)4-2-8/h1-4,10-12,20-21H,5-7,17H2,(H,18,24)(H,19,25)(H,22,23)(H,26,27)/t10-,11-,12-/m0/s1. The highest BCUT2D eigenvalue weighted by Gasteiger charge is 2.29. The number of carbonyl (C=O) groups excluding carboxylic acids is 2. The number of nitrogens with one attached hydrogen (secondary N) is 2. The third kappa shape index (κ3) is 7.30. The molecule has 0 saturated carbocycles. The van der Waals surface area contributed by atoms with Crippen molar-refractivity contribution in [1.82, 2.24) is 10.6 Å². The zero-order valence-electron chi connectivity index (χ0n) is 14.2. The Morgan fingerprint density at radius 2 is 1.52 bits per heavy atom. The minimum absolute atomic E-state index is 0.0147. The van der Waals surface area contributed by atoms with E-state index < -0.39 is 54.9 Å². The largest absolute Gasteiger partial charge is 0.508 e. The summed E-state index contributed by atoms with van der Waals surface area (Å²) >= 11 is 0. The number of phenolic OH excluding ortho intramolecular Hbond substituents is 1. The number of hydrogen-bond acceptors (Lipinski definition) is 7. The number of aliphatic hydroxyl groups is 1. The number of carbonyl (C=O) groups is 4. The van der Waals surface area contributed by atoms with Gasteiger partial charge in [-0.3, -0.25) is 14.4 Å². The SMILES string of the molecule is N[C@@H](CO)C(=O)N[C@@H](CC(=O)O)C(=O)N[C@@H](Cc1ccc(O)cc1)C(=O)O. The molecule has 0 aliphatic carbocycles. The molecule has 148 valence electrons. The first kappa shape index (κ1) is 21.9. The molecule has 1 rings (SSSR count). The Morgan fingerprint density at radius 3 is 2.00 bits per heavy atom. The smallest absolute Gasteiger partial charge is 0.326 e. The summed E-state index contributed by atoms with van der Waals surface area (Å²) in [6.45, 7) is -0.716. The van der Waals surface area contributed by atoms with Crippen LogP contribution in [0.4, 0.5) is 0 Å². The molecule has 0 heterocycles. The van der Waals surface area contributed by atoms with Gasteiger partial charge < -0.3 is 36.8 Å². The van der Waals surface area contributed by atoms with Gasteiger partial charge in [0.05, 0.1) is 13.0 Å². The van der Waals surface area contributed by atoms with Crippen LogP contribution in [0.15, 0.2) is 24.3 Å². The highest BCUT2D eigenvalue weighted by atomic mass is 16.4. The van der Waals surface area contributed by atoms with E-state index in [1.807, 2.05) is 0 Å². The molecule has 2 amide bonds. The van der Waals surface area contributed by atoms with Crippen molar-refractivity contribution in [3.8, 4) is 5.75 Å². The highest BCUT2D eigenvalue weighted by Crippen LogP contribution is 2.11. The first-order valence-corrected chi connectivity index (χ1v) is 7.83. The van der Waals surface area contributed by atoms with Gasteiger partial charge in [-0.15, -0.1) is 0 Å². The van der Waals surface area contributed by atoms with Crippen LogP contribution in [-0.2, 0) is 25.6 Å². The fourth-order valence-electron chi connectivity index (χ4n) is 2.09. The van der Waals surface area contributed by atoms with Crippen LogP contribution in [0.25, 0.3) is 0 Å². The lowest BCUT2D eigenvalue weighted by molar-refractivity contribution is -0.143. The summed E-state index contributed by atoms with van der Waals surface area (Å²) in [5.41, 5.74) is 5.81. The molecule has 3 atom stereocenters. The maximum absolute atomic E-state index is 12.3. The molecule has 0 unspecified atom stereocenters. The van der Waals surface area contributed by atoms with E-state index in [9.17, 15) is 29.4 Å². The van der Waals surface area contributed by atoms with Crippen LogP contribution in [0.5, 0.6) is 5.75 Å². The maximum Gasteiger partial charge on any atom is 0.326 e. The van der Waals surface area contributed by atoms with Crippen molar-refractivity contribution in [1.29, 1.82) is 0 Å². The number of benzene rings is 1. The third-order valence-corrected chi connectivity index (χ3v) is 3.54. The number of aromatic hydroxyl groups is 1. The van der Waals surface area contributed by atoms with Gasteiger partial charge in [0.15, 0.2) is 0 Å². The van der Waals surface area contributed by atoms with Gasteiger partial charge >= 0.3 is 11.9 Å². The van der Waals surface area contributed by atoms with Crippen LogP contribution in [0, 0.1) is 0 Å². The zero-order chi connectivity index (χ0) is 20.6. The van der Waals surface area contributed by atoms with E-state index in [2.05, 4.69) is 10.6 Å². The molecule has 11 heteroatoms. The molecule has 0 aromatic heterocycles. The van der Waals surface area contributed by atoms with E-state index in [1.54, 1.807) is 0 Å². The molecule has 27 heavy (non-hydrogen) atoms. The molecular weight excluding hydrogens is 362 g/mol. The van der Waals surface area contributed by atoms with Crippen LogP contribution < -0.4 is 16.4 Å². The average Bonchev–Trinajstić information content (AvgIpc) is 2.60. The lowest BCUT2D eigenvalue weighted by Gasteiger charge is -2.21. The van der Waals surface area contributed by atoms with E-state index in [4.69, 9.17) is 15.9 Å². The van der Waals surface area contributed by atoms with Gasteiger partial charge in [-0.25, -0.2) is 4.79 Å². The van der Waals surface area contributed by atoms with E-state index in [1.165, 1.54) is 24.3 Å². The number of nitrogens with two attached hydrogens (primary N) is 1. The molecule has 0 aliphatic rings. The van der Waals surface area contributed by atoms with Crippen molar-refractivity contribution < 1.29 is 39.6 Å². The molecule has 1 aromatic carbocycles. The number of phenols is 1. The van der Waals surface area contributed by atoms with Crippen molar-refractivity contribution in [3.63, 3.8) is 0 Å². The number of aliphatic hydroxyl groups excluding tert-OH is 1. The van der Waals surface area contributed by atoms with Gasteiger partial charge in [0.1, 0.15) is 23.9 Å². The monoisotopic (exact) mass is 383 g/mol. The van der Waals surface area contributed by atoms with Crippen LogP contribution in [0.1, 0.15) is 12.0 Å². The highest BCUT2D eigenvalue weighted by molar-refractivity contribution is 5.94. The lowest BCUT2D eigenvalue weighted by atomic mass is 10.0. The number of carboxylic acid groups (broad SMARTS) is 2. The van der Waals surface area contributed by atoms with Crippen molar-refractivity contribution >= 4 is 23.8 Å². The molecule has 0 radical (unpaired) electrons. The first-order valence-electron chi connectivity index (χ1n) is 7.83. The van der Waals surface area contributed by atoms with Gasteiger partial charge in [0.25, 0.3) is 0 Å². The minimum Gasteiger partial charge on any atom is -0.508 e. The van der Waals surface area contributed by atoms with Crippen LogP contribution in [-0.4, -0.2) is 68.9 Å². The van der Waals surface area contributed by atoms with Crippen LogP contribution in [0.3, 0.4) is 0 Å². The molecule has 0 spiro atoms. The zero-order valence-corrected chi connectivity index (χ0v) is 14.2. The third-order valence-electron chi connectivity index (χ3n) is 3.54. The molecule has 0 aliphatic heterocycles. The van der Waals surface area contributed by atoms with E-state index in [0.29, 0.717) is 5.56 Å². The van der Waals surface area contributed by atoms with Gasteiger partial charge in [-0.1, -0.05) is 12.1 Å². The maximum atomic E-state index is 12.3. The summed E-state index contributed by atoms with van der Waals surface area (Å²) in [5, 5.41) is 40.5. The number of hydrogen-bond donors (Lipinski definition) is 7. The first-order chi connectivity index (χ1) is 12.6. The Kier molecular flexibility index (Phi) is 8.17. The van der Waals surface area contributed by atoms with Crippen LogP contribution in [0.2, 0.25) is 0 Å². The molecule has 0 saturated heterocycles. The van der Waals surface area contributed by atoms with Gasteiger partial charge in [-0.2, -0.15) is 0 Å². The quantitative estimate of drug-likeness (QED) is 0.234. The Balaban J connectivity index is 2.87. The Bertz CT molecular complexity index is 691. The van der Waals surface area contributed by atoms with Crippen molar-refractivity contribution in [2.45, 2.75) is 31.0 Å². The number of carboxylic acids is 2. The summed E-state index contributed by atoms with van der Waals surface area (Å²) < 4.78 is 0. The number of aliphatic carboxylic acids is 2. The van der Waals surface area contributed by atoms with Gasteiger partial charge in [-0.05, 0) is 17.7 Å². The molecule has 11 nitrogen and oxygen atoms in total. The predicted octanol–water partition coefficient (Wildman–Crippen LogP) is -2.22. The van der Waals surface area contributed by atoms with Crippen molar-refractivity contribution in [2.24, 2.45) is 5.73 Å². The molecule has 0 fully saturated rings. The molecule has 8 N–H and O–H groups in total. The summed E-state index contributed by atoms with van der Waals surface area (Å²) in [7, 11) is 0. The van der Waals surface area contributed by atoms with E-state index in [-0.39, 0.29) is 12.2 Å². The second kappa shape index (κ2) is 10.1. The summed E-state index contributed by atoms with van der Waals surface area (Å²) in [4.78, 5) is 46.3. The molecular formula is C16H21N3O8. The van der Waals surface area contributed by atoms with Gasteiger partial charge in [0.2, 0.25) is 11.8 Å². The summed E-state index contributed by atoms with van der Waals surface area (Å²) in [6.07, 6.45) is -0.938. The fourth-order valence-corrected chi connectivity index (χ4v) is 2.09. The number of amides is 2. The Labute approximate surface area is 153 Å². The second-order valence-electron chi connectivity index (χ2n) is 5.72. The summed E-state index contributed by atoms with van der Waals surface area (Å²) in [6, 6.07) is 1.29. The molecule has 0 bridgehead atoms. The molecule has 1 aromatic rings. The van der Waals surface area contributed by atoms with E-state index in [0.717, 1.165) is 0 Å². The Morgan fingerprint density at radius 1 is 0.963 bits per heavy atom. The normalized spacial score (nSPS) is 13.9.